The maximum Gasteiger partial charge on any atom is 0.137 e. The van der Waals surface area contributed by atoms with E-state index in [9.17, 15) is 0 Å². The van der Waals surface area contributed by atoms with E-state index in [0.717, 1.165) is 24.4 Å². The van der Waals surface area contributed by atoms with Crippen molar-refractivity contribution in [2.24, 2.45) is 0 Å². The maximum absolute atomic E-state index is 5.22. The van der Waals surface area contributed by atoms with Crippen LogP contribution in [0.25, 0.3) is 11.0 Å². The van der Waals surface area contributed by atoms with Crippen molar-refractivity contribution in [3.63, 3.8) is 0 Å². The minimum absolute atomic E-state index is 0.822. The highest BCUT2D eigenvalue weighted by molar-refractivity contribution is 5.80. The molecule has 4 heteroatoms. The van der Waals surface area contributed by atoms with Crippen LogP contribution in [-0.2, 0) is 6.42 Å². The molecule has 2 aromatic heterocycles. The van der Waals surface area contributed by atoms with Crippen molar-refractivity contribution in [3.8, 4) is 5.75 Å². The highest BCUT2D eigenvalue weighted by Crippen LogP contribution is 2.22. The fourth-order valence-electron chi connectivity index (χ4n) is 2.24. The van der Waals surface area contributed by atoms with Crippen LogP contribution in [-0.4, -0.2) is 41.6 Å². The standard InChI is InChI=1S/C13H17N3O/c1-17-11-7-12-10(3-6-16-4-2-5-16)8-14-13(12)15-9-11/h7-9H,2-6H2,1H3,(H,14,15). The summed E-state index contributed by atoms with van der Waals surface area (Å²) in [6.45, 7) is 3.65. The van der Waals surface area contributed by atoms with Gasteiger partial charge in [-0.25, -0.2) is 4.98 Å². The highest BCUT2D eigenvalue weighted by Gasteiger charge is 2.14. The molecule has 1 saturated heterocycles. The van der Waals surface area contributed by atoms with Crippen LogP contribution in [0.5, 0.6) is 5.75 Å². The number of aromatic amines is 1. The number of methoxy groups -OCH3 is 1. The highest BCUT2D eigenvalue weighted by atomic mass is 16.5. The van der Waals surface area contributed by atoms with E-state index < -0.39 is 0 Å². The summed E-state index contributed by atoms with van der Waals surface area (Å²) < 4.78 is 5.22. The lowest BCUT2D eigenvalue weighted by Crippen LogP contribution is -2.38. The minimum atomic E-state index is 0.822. The SMILES string of the molecule is COc1cnc2[nH]cc(CCN3CCC3)c2c1. The zero-order valence-corrected chi connectivity index (χ0v) is 10.1. The Kier molecular flexibility index (Phi) is 2.73. The van der Waals surface area contributed by atoms with Crippen LogP contribution in [0.3, 0.4) is 0 Å². The molecule has 2 aromatic rings. The Morgan fingerprint density at radius 1 is 1.47 bits per heavy atom. The van der Waals surface area contributed by atoms with Gasteiger partial charge in [0.25, 0.3) is 0 Å². The van der Waals surface area contributed by atoms with Crippen LogP contribution < -0.4 is 4.74 Å². The van der Waals surface area contributed by atoms with Crippen LogP contribution in [0.15, 0.2) is 18.5 Å². The maximum atomic E-state index is 5.22. The summed E-state index contributed by atoms with van der Waals surface area (Å²) in [5, 5.41) is 1.19. The summed E-state index contributed by atoms with van der Waals surface area (Å²) in [7, 11) is 1.68. The van der Waals surface area contributed by atoms with Gasteiger partial charge in [-0.3, -0.25) is 0 Å². The first kappa shape index (κ1) is 10.6. The number of nitrogens with zero attached hydrogens (tertiary/aromatic N) is 2. The molecule has 0 atom stereocenters. The van der Waals surface area contributed by atoms with Gasteiger partial charge in [-0.2, -0.15) is 0 Å². The topological polar surface area (TPSA) is 41.1 Å². The van der Waals surface area contributed by atoms with Gasteiger partial charge in [0, 0.05) is 18.1 Å². The molecule has 1 aliphatic rings. The van der Waals surface area contributed by atoms with Gasteiger partial charge in [-0.1, -0.05) is 0 Å². The molecule has 1 N–H and O–H groups in total. The van der Waals surface area contributed by atoms with E-state index in [2.05, 4.69) is 27.1 Å². The predicted octanol–water partition coefficient (Wildman–Crippen LogP) is 1.82. The van der Waals surface area contributed by atoms with E-state index in [1.165, 1.54) is 30.5 Å². The molecule has 0 amide bonds. The first-order valence-electron chi connectivity index (χ1n) is 6.09. The van der Waals surface area contributed by atoms with Crippen LogP contribution in [0.1, 0.15) is 12.0 Å². The van der Waals surface area contributed by atoms with E-state index in [-0.39, 0.29) is 0 Å². The lowest BCUT2D eigenvalue weighted by Gasteiger charge is -2.30. The molecule has 1 aliphatic heterocycles. The summed E-state index contributed by atoms with van der Waals surface area (Å²) in [4.78, 5) is 10.0. The fraction of sp³-hybridized carbons (Fsp3) is 0.462. The first-order chi connectivity index (χ1) is 8.36. The number of aromatic nitrogens is 2. The molecular formula is C13H17N3O. The van der Waals surface area contributed by atoms with Gasteiger partial charge in [0.1, 0.15) is 11.4 Å². The quantitative estimate of drug-likeness (QED) is 0.872. The van der Waals surface area contributed by atoms with Gasteiger partial charge < -0.3 is 14.6 Å². The Morgan fingerprint density at radius 3 is 3.06 bits per heavy atom. The molecule has 0 unspecified atom stereocenters. The van der Waals surface area contributed by atoms with Crippen molar-refractivity contribution in [2.45, 2.75) is 12.8 Å². The molecule has 1 fully saturated rings. The molecular weight excluding hydrogens is 214 g/mol. The van der Waals surface area contributed by atoms with E-state index in [0.29, 0.717) is 0 Å². The van der Waals surface area contributed by atoms with Crippen molar-refractivity contribution >= 4 is 11.0 Å². The third-order valence-electron chi connectivity index (χ3n) is 3.47. The second-order valence-electron chi connectivity index (χ2n) is 4.53. The summed E-state index contributed by atoms with van der Waals surface area (Å²) in [5.41, 5.74) is 2.28. The predicted molar refractivity (Wildman–Crippen MR) is 67.4 cm³/mol. The average molecular weight is 231 g/mol. The Balaban J connectivity index is 1.82. The van der Waals surface area contributed by atoms with E-state index >= 15 is 0 Å². The van der Waals surface area contributed by atoms with Gasteiger partial charge >= 0.3 is 0 Å². The van der Waals surface area contributed by atoms with Gasteiger partial charge in [0.15, 0.2) is 0 Å². The molecule has 4 nitrogen and oxygen atoms in total. The molecule has 0 radical (unpaired) electrons. The molecule has 3 rings (SSSR count). The third kappa shape index (κ3) is 2.00. The van der Waals surface area contributed by atoms with E-state index in [1.54, 1.807) is 13.3 Å². The molecule has 0 bridgehead atoms. The van der Waals surface area contributed by atoms with Crippen LogP contribution in [0.4, 0.5) is 0 Å². The molecule has 3 heterocycles. The number of hydrogen-bond acceptors (Lipinski definition) is 3. The van der Waals surface area contributed by atoms with Crippen LogP contribution >= 0.6 is 0 Å². The van der Waals surface area contributed by atoms with E-state index in [1.807, 2.05) is 0 Å². The number of H-pyrrole nitrogens is 1. The number of nitrogens with one attached hydrogen (secondary N) is 1. The van der Waals surface area contributed by atoms with Crippen molar-refractivity contribution in [1.82, 2.24) is 14.9 Å². The molecule has 0 spiro atoms. The van der Waals surface area contributed by atoms with Crippen LogP contribution in [0.2, 0.25) is 0 Å². The molecule has 0 aliphatic carbocycles. The molecule has 90 valence electrons. The lowest BCUT2D eigenvalue weighted by molar-refractivity contribution is 0.184. The van der Waals surface area contributed by atoms with Gasteiger partial charge in [-0.15, -0.1) is 0 Å². The number of rotatable bonds is 4. The first-order valence-corrected chi connectivity index (χ1v) is 6.09. The monoisotopic (exact) mass is 231 g/mol. The average Bonchev–Trinajstić information content (AvgIpc) is 2.69. The largest absolute Gasteiger partial charge is 0.495 e. The Labute approximate surface area is 101 Å². The number of hydrogen-bond donors (Lipinski definition) is 1. The second-order valence-corrected chi connectivity index (χ2v) is 4.53. The zero-order chi connectivity index (χ0) is 11.7. The number of fused-ring (bicyclic) bond motifs is 1. The lowest BCUT2D eigenvalue weighted by atomic mass is 10.1. The molecule has 0 aromatic carbocycles. The summed E-state index contributed by atoms with van der Waals surface area (Å²) in [5.74, 6) is 0.822. The molecule has 17 heavy (non-hydrogen) atoms. The van der Waals surface area contributed by atoms with Gasteiger partial charge in [-0.05, 0) is 37.6 Å². The van der Waals surface area contributed by atoms with Crippen molar-refractivity contribution in [2.75, 3.05) is 26.7 Å². The summed E-state index contributed by atoms with van der Waals surface area (Å²) in [6.07, 6.45) is 6.24. The summed E-state index contributed by atoms with van der Waals surface area (Å²) in [6, 6.07) is 2.06. The number of ether oxygens (including phenoxy) is 1. The molecule has 0 saturated carbocycles. The Bertz CT molecular complexity index is 516. The number of likely N-dealkylation sites (tertiary alicyclic amines) is 1. The van der Waals surface area contributed by atoms with Gasteiger partial charge in [0.05, 0.1) is 13.3 Å². The van der Waals surface area contributed by atoms with Crippen LogP contribution in [0, 0.1) is 0 Å². The third-order valence-corrected chi connectivity index (χ3v) is 3.47. The smallest absolute Gasteiger partial charge is 0.137 e. The fourth-order valence-corrected chi connectivity index (χ4v) is 2.24. The van der Waals surface area contributed by atoms with Gasteiger partial charge in [0.2, 0.25) is 0 Å². The zero-order valence-electron chi connectivity index (χ0n) is 10.1. The minimum Gasteiger partial charge on any atom is -0.495 e. The van der Waals surface area contributed by atoms with E-state index in [4.69, 9.17) is 4.74 Å². The van der Waals surface area contributed by atoms with Crippen molar-refractivity contribution in [1.29, 1.82) is 0 Å². The Hall–Kier alpha value is -1.55. The normalized spacial score (nSPS) is 16.1. The number of pyridine rings is 1. The van der Waals surface area contributed by atoms with Crippen molar-refractivity contribution < 1.29 is 4.74 Å². The second kappa shape index (κ2) is 4.37. The Morgan fingerprint density at radius 2 is 2.35 bits per heavy atom. The summed E-state index contributed by atoms with van der Waals surface area (Å²) >= 11 is 0. The van der Waals surface area contributed by atoms with Crippen molar-refractivity contribution in [3.05, 3.63) is 24.0 Å².